The van der Waals surface area contributed by atoms with E-state index in [1.165, 1.54) is 0 Å². The fourth-order valence-electron chi connectivity index (χ4n) is 1.57. The summed E-state index contributed by atoms with van der Waals surface area (Å²) in [5.41, 5.74) is 8.80. The molecule has 90 valence electrons. The Morgan fingerprint density at radius 1 is 1.41 bits per heavy atom. The van der Waals surface area contributed by atoms with E-state index in [1.807, 2.05) is 12.1 Å². The molecule has 2 aromatic rings. The number of unbranched alkanes of at least 4 members (excludes halogenated alkanes) is 1. The van der Waals surface area contributed by atoms with Gasteiger partial charge in [-0.2, -0.15) is 0 Å². The van der Waals surface area contributed by atoms with Gasteiger partial charge in [0.2, 0.25) is 0 Å². The maximum atomic E-state index is 11.8. The van der Waals surface area contributed by atoms with Crippen LogP contribution in [-0.4, -0.2) is 24.0 Å². The summed E-state index contributed by atoms with van der Waals surface area (Å²) in [7, 11) is 0. The number of rotatable bonds is 5. The molecule has 0 bridgehead atoms. The van der Waals surface area contributed by atoms with E-state index in [0.29, 0.717) is 18.7 Å². The number of hydrogen-bond acceptors (Lipinski definition) is 4. The normalized spacial score (nSPS) is 10.6. The topological polar surface area (TPSA) is 68.0 Å². The number of aromatic nitrogens is 1. The van der Waals surface area contributed by atoms with Crippen LogP contribution in [0.15, 0.2) is 23.7 Å². The Labute approximate surface area is 104 Å². The number of carbonyl (C=O) groups is 1. The predicted octanol–water partition coefficient (Wildman–Crippen LogP) is 1.77. The van der Waals surface area contributed by atoms with E-state index >= 15 is 0 Å². The minimum Gasteiger partial charge on any atom is -0.352 e. The number of fused-ring (bicyclic) bond motifs is 1. The van der Waals surface area contributed by atoms with Crippen LogP contribution in [0.4, 0.5) is 0 Å². The predicted molar refractivity (Wildman–Crippen MR) is 70.2 cm³/mol. The molecule has 0 unspecified atom stereocenters. The van der Waals surface area contributed by atoms with Crippen molar-refractivity contribution >= 4 is 27.5 Å². The van der Waals surface area contributed by atoms with Crippen molar-refractivity contribution in [3.63, 3.8) is 0 Å². The van der Waals surface area contributed by atoms with Crippen LogP contribution in [0.5, 0.6) is 0 Å². The molecular weight excluding hydrogens is 234 g/mol. The van der Waals surface area contributed by atoms with Crippen molar-refractivity contribution in [2.75, 3.05) is 13.1 Å². The first kappa shape index (κ1) is 12.0. The van der Waals surface area contributed by atoms with Gasteiger partial charge in [-0.1, -0.05) is 0 Å². The van der Waals surface area contributed by atoms with E-state index in [1.54, 1.807) is 22.9 Å². The summed E-state index contributed by atoms with van der Waals surface area (Å²) >= 11 is 1.54. The lowest BCUT2D eigenvalue weighted by atomic mass is 10.2. The zero-order valence-electron chi connectivity index (χ0n) is 9.48. The van der Waals surface area contributed by atoms with Crippen molar-refractivity contribution in [2.45, 2.75) is 12.8 Å². The van der Waals surface area contributed by atoms with E-state index in [-0.39, 0.29) is 5.91 Å². The Kier molecular flexibility index (Phi) is 4.06. The molecule has 0 fully saturated rings. The lowest BCUT2D eigenvalue weighted by molar-refractivity contribution is 0.0953. The van der Waals surface area contributed by atoms with E-state index in [2.05, 4.69) is 10.3 Å². The Morgan fingerprint density at radius 2 is 2.29 bits per heavy atom. The molecule has 1 heterocycles. The number of hydrogen-bond donors (Lipinski definition) is 2. The molecule has 2 rings (SSSR count). The fraction of sp³-hybridized carbons (Fsp3) is 0.333. The quantitative estimate of drug-likeness (QED) is 0.793. The van der Waals surface area contributed by atoms with E-state index in [9.17, 15) is 4.79 Å². The van der Waals surface area contributed by atoms with Crippen molar-refractivity contribution in [1.82, 2.24) is 10.3 Å². The van der Waals surface area contributed by atoms with Gasteiger partial charge in [-0.3, -0.25) is 4.79 Å². The molecule has 0 radical (unpaired) electrons. The molecule has 1 amide bonds. The maximum absolute atomic E-state index is 11.8. The number of thiazole rings is 1. The summed E-state index contributed by atoms with van der Waals surface area (Å²) < 4.78 is 1.04. The molecule has 0 saturated carbocycles. The lowest BCUT2D eigenvalue weighted by Gasteiger charge is -2.04. The Bertz CT molecular complexity index is 509. The monoisotopic (exact) mass is 249 g/mol. The van der Waals surface area contributed by atoms with Crippen LogP contribution in [0.3, 0.4) is 0 Å². The van der Waals surface area contributed by atoms with Crippen LogP contribution in [-0.2, 0) is 0 Å². The second kappa shape index (κ2) is 5.75. The summed E-state index contributed by atoms with van der Waals surface area (Å²) in [5.74, 6) is -0.0303. The second-order valence-corrected chi connectivity index (χ2v) is 4.67. The van der Waals surface area contributed by atoms with Crippen LogP contribution in [0.25, 0.3) is 10.2 Å². The van der Waals surface area contributed by atoms with Gasteiger partial charge in [0, 0.05) is 12.1 Å². The molecule has 1 aromatic heterocycles. The number of nitrogens with zero attached hydrogens (tertiary/aromatic N) is 1. The van der Waals surface area contributed by atoms with Crippen molar-refractivity contribution in [3.8, 4) is 0 Å². The smallest absolute Gasteiger partial charge is 0.251 e. The zero-order chi connectivity index (χ0) is 12.1. The molecule has 0 aliphatic rings. The molecule has 0 aliphatic heterocycles. The zero-order valence-corrected chi connectivity index (χ0v) is 10.3. The highest BCUT2D eigenvalue weighted by Gasteiger charge is 2.06. The van der Waals surface area contributed by atoms with Crippen LogP contribution in [0.2, 0.25) is 0 Å². The van der Waals surface area contributed by atoms with Crippen LogP contribution in [0.1, 0.15) is 23.2 Å². The molecular formula is C12H15N3OS. The Hall–Kier alpha value is -1.46. The van der Waals surface area contributed by atoms with Crippen molar-refractivity contribution in [3.05, 3.63) is 29.3 Å². The molecule has 0 aliphatic carbocycles. The number of benzene rings is 1. The van der Waals surface area contributed by atoms with Crippen LogP contribution >= 0.6 is 11.3 Å². The lowest BCUT2D eigenvalue weighted by Crippen LogP contribution is -2.24. The van der Waals surface area contributed by atoms with Crippen molar-refractivity contribution in [2.24, 2.45) is 5.73 Å². The molecule has 3 N–H and O–H groups in total. The molecule has 0 spiro atoms. The Balaban J connectivity index is 1.98. The first-order valence-corrected chi connectivity index (χ1v) is 6.51. The summed E-state index contributed by atoms with van der Waals surface area (Å²) in [6.07, 6.45) is 1.86. The van der Waals surface area contributed by atoms with E-state index in [0.717, 1.165) is 23.1 Å². The molecule has 17 heavy (non-hydrogen) atoms. The average Bonchev–Trinajstić information content (AvgIpc) is 2.81. The summed E-state index contributed by atoms with van der Waals surface area (Å²) in [6.45, 7) is 1.35. The fourth-order valence-corrected chi connectivity index (χ4v) is 2.29. The van der Waals surface area contributed by atoms with E-state index in [4.69, 9.17) is 5.73 Å². The number of amides is 1. The van der Waals surface area contributed by atoms with Gasteiger partial charge >= 0.3 is 0 Å². The minimum absolute atomic E-state index is 0.0303. The molecule has 0 atom stereocenters. The molecule has 0 saturated heterocycles. The number of nitrogens with two attached hydrogens (primary N) is 1. The summed E-state index contributed by atoms with van der Waals surface area (Å²) in [4.78, 5) is 16.0. The van der Waals surface area contributed by atoms with Gasteiger partial charge in [-0.05, 0) is 37.6 Å². The third-order valence-corrected chi connectivity index (χ3v) is 3.30. The largest absolute Gasteiger partial charge is 0.352 e. The van der Waals surface area contributed by atoms with Crippen molar-refractivity contribution in [1.29, 1.82) is 0 Å². The SMILES string of the molecule is NCCCCNC(=O)c1ccc2ncsc2c1. The van der Waals surface area contributed by atoms with Crippen LogP contribution < -0.4 is 11.1 Å². The van der Waals surface area contributed by atoms with Crippen LogP contribution in [0, 0.1) is 0 Å². The summed E-state index contributed by atoms with van der Waals surface area (Å²) in [6, 6.07) is 5.56. The van der Waals surface area contributed by atoms with Gasteiger partial charge < -0.3 is 11.1 Å². The van der Waals surface area contributed by atoms with Gasteiger partial charge in [-0.25, -0.2) is 4.98 Å². The first-order chi connectivity index (χ1) is 8.31. The van der Waals surface area contributed by atoms with Crippen molar-refractivity contribution < 1.29 is 4.79 Å². The second-order valence-electron chi connectivity index (χ2n) is 3.79. The molecule has 4 nitrogen and oxygen atoms in total. The molecule has 1 aromatic carbocycles. The highest BCUT2D eigenvalue weighted by atomic mass is 32.1. The highest BCUT2D eigenvalue weighted by molar-refractivity contribution is 7.16. The first-order valence-electron chi connectivity index (χ1n) is 5.63. The average molecular weight is 249 g/mol. The Morgan fingerprint density at radius 3 is 3.12 bits per heavy atom. The van der Waals surface area contributed by atoms with Gasteiger partial charge in [0.1, 0.15) is 0 Å². The van der Waals surface area contributed by atoms with Gasteiger partial charge in [0.15, 0.2) is 0 Å². The molecule has 5 heteroatoms. The number of carbonyl (C=O) groups excluding carboxylic acids is 1. The van der Waals surface area contributed by atoms with E-state index < -0.39 is 0 Å². The maximum Gasteiger partial charge on any atom is 0.251 e. The number of nitrogens with one attached hydrogen (secondary N) is 1. The summed E-state index contributed by atoms with van der Waals surface area (Å²) in [5, 5.41) is 2.88. The highest BCUT2D eigenvalue weighted by Crippen LogP contribution is 2.18. The standard InChI is InChI=1S/C12H15N3OS/c13-5-1-2-6-14-12(16)9-3-4-10-11(7-9)17-8-15-10/h3-4,7-8H,1-2,5-6,13H2,(H,14,16). The van der Waals surface area contributed by atoms with Gasteiger partial charge in [0.25, 0.3) is 5.91 Å². The third-order valence-electron chi connectivity index (χ3n) is 2.51. The third kappa shape index (κ3) is 3.01. The minimum atomic E-state index is -0.0303. The van der Waals surface area contributed by atoms with Gasteiger partial charge in [0.05, 0.1) is 15.7 Å². The van der Waals surface area contributed by atoms with Gasteiger partial charge in [-0.15, -0.1) is 11.3 Å².